The normalized spacial score (nSPS) is 33.3. The van der Waals surface area contributed by atoms with Crippen LogP contribution in [0.15, 0.2) is 16.8 Å². The summed E-state index contributed by atoms with van der Waals surface area (Å²) < 4.78 is 0. The zero-order valence-corrected chi connectivity index (χ0v) is 11.3. The lowest BCUT2D eigenvalue weighted by atomic mass is 9.69. The van der Waals surface area contributed by atoms with Crippen LogP contribution in [0.5, 0.6) is 0 Å². The van der Waals surface area contributed by atoms with E-state index in [1.807, 2.05) is 0 Å². The van der Waals surface area contributed by atoms with Gasteiger partial charge >= 0.3 is 0 Å². The molecule has 1 nitrogen and oxygen atoms in total. The third kappa shape index (κ3) is 2.92. The monoisotopic (exact) mass is 249 g/mol. The van der Waals surface area contributed by atoms with E-state index in [9.17, 15) is 0 Å². The van der Waals surface area contributed by atoms with Gasteiger partial charge in [0.2, 0.25) is 0 Å². The average Bonchev–Trinajstić information content (AvgIpc) is 2.89. The summed E-state index contributed by atoms with van der Waals surface area (Å²) in [6.45, 7) is 1.07. The number of fused-ring (bicyclic) bond motifs is 1. The Kier molecular flexibility index (Phi) is 3.82. The van der Waals surface area contributed by atoms with E-state index in [4.69, 9.17) is 0 Å². The fourth-order valence-electron chi connectivity index (χ4n) is 3.71. The molecule has 1 aromatic heterocycles. The van der Waals surface area contributed by atoms with Crippen LogP contribution in [0.3, 0.4) is 0 Å². The van der Waals surface area contributed by atoms with Crippen LogP contribution in [0.25, 0.3) is 0 Å². The number of rotatable bonds is 3. The molecule has 0 spiro atoms. The maximum atomic E-state index is 3.76. The Balaban J connectivity index is 1.48. The smallest absolute Gasteiger partial charge is 0.0216 e. The van der Waals surface area contributed by atoms with Gasteiger partial charge in [-0.05, 0) is 53.5 Å². The lowest BCUT2D eigenvalue weighted by Gasteiger charge is -2.39. The molecule has 2 fully saturated rings. The second kappa shape index (κ2) is 5.53. The van der Waals surface area contributed by atoms with Gasteiger partial charge in [0, 0.05) is 12.6 Å². The van der Waals surface area contributed by atoms with E-state index in [1.165, 1.54) is 50.5 Å². The van der Waals surface area contributed by atoms with Gasteiger partial charge in [0.15, 0.2) is 0 Å². The van der Waals surface area contributed by atoms with Gasteiger partial charge in [-0.1, -0.05) is 25.7 Å². The molecule has 0 bridgehead atoms. The molecule has 3 rings (SSSR count). The van der Waals surface area contributed by atoms with Gasteiger partial charge in [0.05, 0.1) is 0 Å². The maximum Gasteiger partial charge on any atom is 0.0216 e. The number of hydrogen-bond donors (Lipinski definition) is 1. The Morgan fingerprint density at radius 2 is 2.00 bits per heavy atom. The van der Waals surface area contributed by atoms with Gasteiger partial charge in [0.25, 0.3) is 0 Å². The molecule has 94 valence electrons. The second-order valence-electron chi connectivity index (χ2n) is 5.83. The minimum absolute atomic E-state index is 0.786. The van der Waals surface area contributed by atoms with E-state index >= 15 is 0 Å². The van der Waals surface area contributed by atoms with Crippen molar-refractivity contribution in [2.24, 2.45) is 11.8 Å². The van der Waals surface area contributed by atoms with Crippen molar-refractivity contribution in [2.75, 3.05) is 0 Å². The van der Waals surface area contributed by atoms with E-state index in [2.05, 4.69) is 22.1 Å². The summed E-state index contributed by atoms with van der Waals surface area (Å²) in [4.78, 5) is 0. The summed E-state index contributed by atoms with van der Waals surface area (Å²) in [5.41, 5.74) is 1.46. The molecule has 0 aromatic carbocycles. The highest BCUT2D eigenvalue weighted by Gasteiger charge is 2.31. The quantitative estimate of drug-likeness (QED) is 0.846. The minimum atomic E-state index is 0.786. The van der Waals surface area contributed by atoms with E-state index in [0.717, 1.165) is 24.4 Å². The third-order valence-electron chi connectivity index (χ3n) is 4.71. The van der Waals surface area contributed by atoms with Crippen molar-refractivity contribution >= 4 is 11.3 Å². The Hall–Kier alpha value is -0.340. The molecule has 0 saturated heterocycles. The first-order valence-electron chi connectivity index (χ1n) is 7.16. The second-order valence-corrected chi connectivity index (χ2v) is 6.61. The summed E-state index contributed by atoms with van der Waals surface area (Å²) in [5.74, 6) is 2.11. The van der Waals surface area contributed by atoms with Crippen molar-refractivity contribution in [2.45, 2.75) is 57.5 Å². The van der Waals surface area contributed by atoms with Gasteiger partial charge in [-0.15, -0.1) is 0 Å². The lowest BCUT2D eigenvalue weighted by molar-refractivity contribution is 0.143. The summed E-state index contributed by atoms with van der Waals surface area (Å²) >= 11 is 1.80. The summed E-state index contributed by atoms with van der Waals surface area (Å²) in [6.07, 6.45) is 10.3. The molecule has 2 aliphatic rings. The maximum absolute atomic E-state index is 3.76. The SMILES string of the molecule is c1cc(CNC2CCC3CCCCC3C2)cs1. The molecule has 3 atom stereocenters. The van der Waals surface area contributed by atoms with Crippen molar-refractivity contribution in [1.82, 2.24) is 5.32 Å². The van der Waals surface area contributed by atoms with Crippen LogP contribution in [-0.2, 0) is 6.54 Å². The Labute approximate surface area is 109 Å². The first kappa shape index (κ1) is 11.7. The fraction of sp³-hybridized carbons (Fsp3) is 0.733. The highest BCUT2D eigenvalue weighted by molar-refractivity contribution is 7.07. The van der Waals surface area contributed by atoms with Crippen LogP contribution in [0.2, 0.25) is 0 Å². The molecule has 2 heteroatoms. The average molecular weight is 249 g/mol. The van der Waals surface area contributed by atoms with E-state index in [1.54, 1.807) is 11.3 Å². The minimum Gasteiger partial charge on any atom is -0.310 e. The largest absolute Gasteiger partial charge is 0.310 e. The topological polar surface area (TPSA) is 12.0 Å². The lowest BCUT2D eigenvalue weighted by Crippen LogP contribution is -2.38. The van der Waals surface area contributed by atoms with Crippen molar-refractivity contribution in [3.8, 4) is 0 Å². The highest BCUT2D eigenvalue weighted by Crippen LogP contribution is 2.40. The standard InChI is InChI=1S/C15H23NS/c1-2-4-14-9-15(6-5-13(14)3-1)16-10-12-7-8-17-11-12/h7-8,11,13-16H,1-6,9-10H2. The molecule has 1 heterocycles. The van der Waals surface area contributed by atoms with Crippen LogP contribution in [-0.4, -0.2) is 6.04 Å². The zero-order valence-electron chi connectivity index (χ0n) is 10.5. The van der Waals surface area contributed by atoms with Gasteiger partial charge in [-0.3, -0.25) is 0 Å². The molecule has 1 N–H and O–H groups in total. The number of nitrogens with one attached hydrogen (secondary N) is 1. The summed E-state index contributed by atoms with van der Waals surface area (Å²) in [6, 6.07) is 3.03. The Bertz CT molecular complexity index is 333. The van der Waals surface area contributed by atoms with Crippen LogP contribution in [0.4, 0.5) is 0 Å². The third-order valence-corrected chi connectivity index (χ3v) is 5.45. The summed E-state index contributed by atoms with van der Waals surface area (Å²) in [5, 5.41) is 8.20. The molecule has 2 saturated carbocycles. The van der Waals surface area contributed by atoms with Crippen molar-refractivity contribution in [1.29, 1.82) is 0 Å². The van der Waals surface area contributed by atoms with E-state index < -0.39 is 0 Å². The van der Waals surface area contributed by atoms with Gasteiger partial charge in [-0.2, -0.15) is 11.3 Å². The Morgan fingerprint density at radius 3 is 2.82 bits per heavy atom. The Morgan fingerprint density at radius 1 is 1.12 bits per heavy atom. The summed E-state index contributed by atoms with van der Waals surface area (Å²) in [7, 11) is 0. The molecular formula is C15H23NS. The zero-order chi connectivity index (χ0) is 11.5. The first-order valence-corrected chi connectivity index (χ1v) is 8.10. The molecule has 0 amide bonds. The van der Waals surface area contributed by atoms with Crippen LogP contribution in [0, 0.1) is 11.8 Å². The van der Waals surface area contributed by atoms with Gasteiger partial charge < -0.3 is 5.32 Å². The molecule has 2 aliphatic carbocycles. The number of thiophene rings is 1. The molecule has 3 unspecified atom stereocenters. The van der Waals surface area contributed by atoms with Crippen LogP contribution < -0.4 is 5.32 Å². The van der Waals surface area contributed by atoms with Gasteiger partial charge in [0.1, 0.15) is 0 Å². The van der Waals surface area contributed by atoms with Crippen LogP contribution in [0.1, 0.15) is 50.5 Å². The van der Waals surface area contributed by atoms with Crippen molar-refractivity contribution in [3.63, 3.8) is 0 Å². The molecular weight excluding hydrogens is 226 g/mol. The first-order chi connectivity index (χ1) is 8.42. The molecule has 17 heavy (non-hydrogen) atoms. The molecule has 0 aliphatic heterocycles. The van der Waals surface area contributed by atoms with Crippen molar-refractivity contribution < 1.29 is 0 Å². The predicted octanol–water partition coefficient (Wildman–Crippen LogP) is 4.20. The van der Waals surface area contributed by atoms with E-state index in [-0.39, 0.29) is 0 Å². The predicted molar refractivity (Wildman–Crippen MR) is 74.2 cm³/mol. The molecule has 0 radical (unpaired) electrons. The highest BCUT2D eigenvalue weighted by atomic mass is 32.1. The van der Waals surface area contributed by atoms with Gasteiger partial charge in [-0.25, -0.2) is 0 Å². The molecule has 1 aromatic rings. The number of hydrogen-bond acceptors (Lipinski definition) is 2. The fourth-order valence-corrected chi connectivity index (χ4v) is 4.38. The van der Waals surface area contributed by atoms with Crippen LogP contribution >= 0.6 is 11.3 Å². The van der Waals surface area contributed by atoms with E-state index in [0.29, 0.717) is 0 Å². The van der Waals surface area contributed by atoms with Crippen molar-refractivity contribution in [3.05, 3.63) is 22.4 Å².